The van der Waals surface area contributed by atoms with Crippen LogP contribution >= 0.6 is 0 Å². The highest BCUT2D eigenvalue weighted by atomic mass is 32.3. The van der Waals surface area contributed by atoms with Gasteiger partial charge in [-0.25, -0.2) is 4.18 Å². The Bertz CT molecular complexity index is 1570. The van der Waals surface area contributed by atoms with E-state index in [4.69, 9.17) is 18.9 Å². The first-order valence-corrected chi connectivity index (χ1v) is 27.9. The molecule has 0 radical (unpaired) electrons. The summed E-state index contributed by atoms with van der Waals surface area (Å²) in [5, 5.41) is 30.8. The minimum absolute atomic E-state index is 0.0163. The monoisotopic (exact) mass is 991 g/mol. The van der Waals surface area contributed by atoms with E-state index in [1.807, 2.05) is 0 Å². The number of hydrogen-bond donors (Lipinski definition) is 4. The normalized spacial score (nSPS) is 20.0. The first kappa shape index (κ1) is 64.0. The van der Waals surface area contributed by atoms with Gasteiger partial charge in [0.1, 0.15) is 30.5 Å². The summed E-state index contributed by atoms with van der Waals surface area (Å²) in [5.41, 5.74) is 0. The van der Waals surface area contributed by atoms with Gasteiger partial charge in [0.05, 0.1) is 19.8 Å². The SMILES string of the molecule is CC/C=C\C/C=C\C/C=C\C/C=C\C/C=C\C/C=C\CCCCCCCCCOCC(COC1OC(CO)C(O)C(OS(=O)(=O)O)C1O)OC(=O)CCCCCCC/C=C\C/C=C\CCCCCC. The van der Waals surface area contributed by atoms with Crippen LogP contribution in [0.2, 0.25) is 0 Å². The third-order valence-electron chi connectivity index (χ3n) is 11.4. The summed E-state index contributed by atoms with van der Waals surface area (Å²) in [4.78, 5) is 12.9. The van der Waals surface area contributed by atoms with Crippen LogP contribution in [0, 0.1) is 0 Å². The average molecular weight is 991 g/mol. The second kappa shape index (κ2) is 46.1. The topological polar surface area (TPSA) is 178 Å². The minimum atomic E-state index is -5.07. The summed E-state index contributed by atoms with van der Waals surface area (Å²) < 4.78 is 59.3. The molecule has 69 heavy (non-hydrogen) atoms. The van der Waals surface area contributed by atoms with Crippen LogP contribution < -0.4 is 0 Å². The predicted octanol–water partition coefficient (Wildman–Crippen LogP) is 12.6. The molecule has 396 valence electrons. The van der Waals surface area contributed by atoms with Gasteiger partial charge in [0, 0.05) is 13.0 Å². The van der Waals surface area contributed by atoms with E-state index in [1.54, 1.807) is 0 Å². The molecule has 0 aliphatic carbocycles. The standard InChI is InChI=1S/C56H94O12S/c1-3-5-7-9-11-13-15-17-19-21-22-23-24-25-26-27-28-29-30-32-34-36-38-40-42-44-46-64-48-50(49-65-56-54(60)55(68-69(61,62)63)53(59)51(47-57)67-56)66-52(58)45-43-41-39-37-35-33-31-20-18-16-14-12-10-8-6-4-2/h5,7,11,13-14,16-17,19-20,22-23,25-26,28-29,31,50-51,53-57,59-60H,3-4,6,8-10,12,15,18,21,24,27,30,32-49H2,1-2H3,(H,61,62,63)/b7-5-,13-11-,16-14-,19-17-,23-22-,26-25-,29-28-,31-20-. The molecule has 0 aromatic rings. The van der Waals surface area contributed by atoms with Gasteiger partial charge < -0.3 is 34.3 Å². The third-order valence-corrected chi connectivity index (χ3v) is 11.9. The number of esters is 1. The van der Waals surface area contributed by atoms with Crippen LogP contribution in [-0.2, 0) is 38.3 Å². The van der Waals surface area contributed by atoms with Crippen LogP contribution in [0.5, 0.6) is 0 Å². The lowest BCUT2D eigenvalue weighted by atomic mass is 9.99. The van der Waals surface area contributed by atoms with Gasteiger partial charge in [0.15, 0.2) is 6.29 Å². The van der Waals surface area contributed by atoms with E-state index in [-0.39, 0.29) is 19.6 Å². The van der Waals surface area contributed by atoms with Gasteiger partial charge in [-0.2, -0.15) is 8.42 Å². The van der Waals surface area contributed by atoms with Crippen LogP contribution in [0.3, 0.4) is 0 Å². The van der Waals surface area contributed by atoms with Crippen LogP contribution in [0.4, 0.5) is 0 Å². The van der Waals surface area contributed by atoms with E-state index in [2.05, 4.69) is 115 Å². The largest absolute Gasteiger partial charge is 0.457 e. The van der Waals surface area contributed by atoms with Gasteiger partial charge in [0.25, 0.3) is 0 Å². The van der Waals surface area contributed by atoms with E-state index >= 15 is 0 Å². The molecule has 13 heteroatoms. The number of carbonyl (C=O) groups is 1. The Hall–Kier alpha value is -2.98. The number of ether oxygens (including phenoxy) is 4. The Morgan fingerprint density at radius 3 is 1.46 bits per heavy atom. The molecule has 1 aliphatic heterocycles. The van der Waals surface area contributed by atoms with Crippen molar-refractivity contribution in [3.05, 3.63) is 97.2 Å². The van der Waals surface area contributed by atoms with Gasteiger partial charge in [-0.1, -0.05) is 182 Å². The zero-order valence-corrected chi connectivity index (χ0v) is 43.4. The lowest BCUT2D eigenvalue weighted by Crippen LogP contribution is -2.60. The molecular weight excluding hydrogens is 897 g/mol. The Balaban J connectivity index is 2.36. The van der Waals surface area contributed by atoms with Gasteiger partial charge in [0.2, 0.25) is 0 Å². The summed E-state index contributed by atoms with van der Waals surface area (Å²) >= 11 is 0. The fraction of sp³-hybridized carbons (Fsp3) is 0.696. The zero-order valence-electron chi connectivity index (χ0n) is 42.6. The Morgan fingerprint density at radius 2 is 1.00 bits per heavy atom. The first-order chi connectivity index (χ1) is 33.6. The van der Waals surface area contributed by atoms with Crippen molar-refractivity contribution in [2.75, 3.05) is 26.4 Å². The average Bonchev–Trinajstić information content (AvgIpc) is 3.32. The van der Waals surface area contributed by atoms with Crippen molar-refractivity contribution in [2.24, 2.45) is 0 Å². The first-order valence-electron chi connectivity index (χ1n) is 26.5. The number of aliphatic hydroxyl groups is 3. The number of rotatable bonds is 45. The lowest BCUT2D eigenvalue weighted by molar-refractivity contribution is -0.301. The zero-order chi connectivity index (χ0) is 50.3. The molecule has 0 aromatic heterocycles. The van der Waals surface area contributed by atoms with Crippen LogP contribution in [0.1, 0.15) is 187 Å². The van der Waals surface area contributed by atoms with Crippen molar-refractivity contribution >= 4 is 16.4 Å². The van der Waals surface area contributed by atoms with Crippen LogP contribution in [0.15, 0.2) is 97.2 Å². The van der Waals surface area contributed by atoms with E-state index < -0.39 is 59.8 Å². The van der Waals surface area contributed by atoms with Gasteiger partial charge >= 0.3 is 16.4 Å². The summed E-state index contributed by atoms with van der Waals surface area (Å²) in [5.74, 6) is -0.421. The quantitative estimate of drug-likeness (QED) is 0.0197. The van der Waals surface area contributed by atoms with Crippen LogP contribution in [0.25, 0.3) is 0 Å². The molecule has 0 spiro atoms. The number of aliphatic hydroxyl groups excluding tert-OH is 3. The summed E-state index contributed by atoms with van der Waals surface area (Å²) in [6.07, 6.45) is 54.3. The maximum Gasteiger partial charge on any atom is 0.397 e. The van der Waals surface area contributed by atoms with Crippen molar-refractivity contribution in [3.63, 3.8) is 0 Å². The maximum absolute atomic E-state index is 12.9. The second-order valence-electron chi connectivity index (χ2n) is 17.7. The van der Waals surface area contributed by atoms with E-state index in [0.29, 0.717) is 13.0 Å². The second-order valence-corrected chi connectivity index (χ2v) is 18.8. The molecule has 0 aromatic carbocycles. The summed E-state index contributed by atoms with van der Waals surface area (Å²) in [6.45, 7) is 3.80. The summed E-state index contributed by atoms with van der Waals surface area (Å²) in [6, 6.07) is 0. The number of hydrogen-bond acceptors (Lipinski definition) is 11. The fourth-order valence-electron chi connectivity index (χ4n) is 7.47. The molecule has 1 rings (SSSR count). The van der Waals surface area contributed by atoms with E-state index in [0.717, 1.165) is 116 Å². The lowest BCUT2D eigenvalue weighted by Gasteiger charge is -2.41. The minimum Gasteiger partial charge on any atom is -0.457 e. The molecule has 12 nitrogen and oxygen atoms in total. The molecule has 1 saturated heterocycles. The molecular formula is C56H94O12S. The Labute approximate surface area is 418 Å². The van der Waals surface area contributed by atoms with Gasteiger partial charge in [-0.05, 0) is 96.3 Å². The van der Waals surface area contributed by atoms with E-state index in [9.17, 15) is 33.1 Å². The van der Waals surface area contributed by atoms with Crippen LogP contribution in [-0.4, -0.2) is 97.5 Å². The smallest absolute Gasteiger partial charge is 0.397 e. The molecule has 6 atom stereocenters. The van der Waals surface area contributed by atoms with Crippen molar-refractivity contribution in [2.45, 2.75) is 224 Å². The number of carbonyl (C=O) groups excluding carboxylic acids is 1. The molecule has 1 aliphatic rings. The molecule has 0 bridgehead atoms. The Kier molecular flexibility index (Phi) is 42.8. The highest BCUT2D eigenvalue weighted by molar-refractivity contribution is 7.80. The molecule has 1 fully saturated rings. The molecule has 0 amide bonds. The molecule has 6 unspecified atom stereocenters. The van der Waals surface area contributed by atoms with Gasteiger partial charge in [-0.3, -0.25) is 9.35 Å². The summed E-state index contributed by atoms with van der Waals surface area (Å²) in [7, 11) is -5.07. The van der Waals surface area contributed by atoms with Crippen molar-refractivity contribution in [1.29, 1.82) is 0 Å². The highest BCUT2D eigenvalue weighted by Gasteiger charge is 2.48. The predicted molar refractivity (Wildman–Crippen MR) is 280 cm³/mol. The van der Waals surface area contributed by atoms with Crippen molar-refractivity contribution in [3.8, 4) is 0 Å². The fourth-order valence-corrected chi connectivity index (χ4v) is 7.98. The van der Waals surface area contributed by atoms with Crippen molar-refractivity contribution < 1.29 is 56.2 Å². The molecule has 0 saturated carbocycles. The maximum atomic E-state index is 12.9. The molecule has 4 N–H and O–H groups in total. The van der Waals surface area contributed by atoms with E-state index in [1.165, 1.54) is 44.9 Å². The Morgan fingerprint density at radius 1 is 0.565 bits per heavy atom. The third kappa shape index (κ3) is 39.3. The van der Waals surface area contributed by atoms with Gasteiger partial charge in [-0.15, -0.1) is 0 Å². The highest BCUT2D eigenvalue weighted by Crippen LogP contribution is 2.26. The number of unbranched alkanes of at least 4 members (excludes halogenated alkanes) is 16. The van der Waals surface area contributed by atoms with Crippen molar-refractivity contribution in [1.82, 2.24) is 0 Å². The number of allylic oxidation sites excluding steroid dienone is 16. The molecule has 1 heterocycles.